The first-order valence-electron chi connectivity index (χ1n) is 5.42. The van der Waals surface area contributed by atoms with Crippen molar-refractivity contribution in [1.82, 2.24) is 4.90 Å². The van der Waals surface area contributed by atoms with E-state index in [9.17, 15) is 4.79 Å². The molecule has 0 radical (unpaired) electrons. The lowest BCUT2D eigenvalue weighted by molar-refractivity contribution is -0.126. The molecule has 0 spiro atoms. The highest BCUT2D eigenvalue weighted by molar-refractivity contribution is 5.91. The molecule has 1 aromatic heterocycles. The Morgan fingerprint density at radius 2 is 2.00 bits per heavy atom. The third-order valence-corrected chi connectivity index (χ3v) is 2.20. The summed E-state index contributed by atoms with van der Waals surface area (Å²) in [5.74, 6) is 1.12. The van der Waals surface area contributed by atoms with Crippen LogP contribution in [-0.4, -0.2) is 47.3 Å². The first-order chi connectivity index (χ1) is 8.17. The van der Waals surface area contributed by atoms with E-state index in [0.717, 1.165) is 5.76 Å². The molecule has 0 bridgehead atoms. The molecule has 94 valence electrons. The van der Waals surface area contributed by atoms with Crippen LogP contribution in [0.1, 0.15) is 11.5 Å². The van der Waals surface area contributed by atoms with Gasteiger partial charge in [-0.15, -0.1) is 0 Å². The second-order valence-corrected chi connectivity index (χ2v) is 3.55. The summed E-state index contributed by atoms with van der Waals surface area (Å²) >= 11 is 0. The van der Waals surface area contributed by atoms with Crippen LogP contribution in [0, 0.1) is 6.92 Å². The van der Waals surface area contributed by atoms with Gasteiger partial charge in [-0.1, -0.05) is 0 Å². The molecule has 1 rings (SSSR count). The van der Waals surface area contributed by atoms with Gasteiger partial charge in [0.05, 0.1) is 13.2 Å². The van der Waals surface area contributed by atoms with Gasteiger partial charge in [0.25, 0.3) is 0 Å². The number of furan rings is 1. The van der Waals surface area contributed by atoms with E-state index in [-0.39, 0.29) is 32.2 Å². The number of hydrogen-bond acceptors (Lipinski definition) is 4. The van der Waals surface area contributed by atoms with Gasteiger partial charge in [0, 0.05) is 19.2 Å². The minimum atomic E-state index is -0.262. The zero-order chi connectivity index (χ0) is 12.7. The summed E-state index contributed by atoms with van der Waals surface area (Å²) < 4.78 is 5.28. The molecule has 0 aliphatic rings. The molecule has 1 aromatic rings. The third-order valence-electron chi connectivity index (χ3n) is 2.20. The van der Waals surface area contributed by atoms with E-state index in [1.807, 2.05) is 13.0 Å². The Kier molecular flexibility index (Phi) is 5.45. The molecule has 1 heterocycles. The molecule has 0 saturated carbocycles. The summed E-state index contributed by atoms with van der Waals surface area (Å²) in [5.41, 5.74) is 0. The zero-order valence-electron chi connectivity index (χ0n) is 9.80. The van der Waals surface area contributed by atoms with Crippen LogP contribution in [0.25, 0.3) is 6.08 Å². The second-order valence-electron chi connectivity index (χ2n) is 3.55. The standard InChI is InChI=1S/C12H17NO4/c1-10-2-3-11(17-10)4-5-12(16)13(6-8-14)7-9-15/h2-5,14-15H,6-9H2,1H3/b5-4+. The Morgan fingerprint density at radius 1 is 1.35 bits per heavy atom. The predicted octanol–water partition coefficient (Wildman–Crippen LogP) is 0.414. The van der Waals surface area contributed by atoms with E-state index in [0.29, 0.717) is 5.76 Å². The zero-order valence-corrected chi connectivity index (χ0v) is 9.80. The fourth-order valence-electron chi connectivity index (χ4n) is 1.38. The number of aliphatic hydroxyl groups excluding tert-OH is 2. The van der Waals surface area contributed by atoms with Gasteiger partial charge in [0.2, 0.25) is 5.91 Å². The molecule has 1 amide bonds. The van der Waals surface area contributed by atoms with Crippen LogP contribution in [0.5, 0.6) is 0 Å². The summed E-state index contributed by atoms with van der Waals surface area (Å²) in [7, 11) is 0. The molecule has 0 unspecified atom stereocenters. The number of hydrogen-bond donors (Lipinski definition) is 2. The highest BCUT2D eigenvalue weighted by Gasteiger charge is 2.08. The number of carbonyl (C=O) groups excluding carboxylic acids is 1. The lowest BCUT2D eigenvalue weighted by Crippen LogP contribution is -2.34. The largest absolute Gasteiger partial charge is 0.462 e. The van der Waals surface area contributed by atoms with E-state index in [4.69, 9.17) is 14.6 Å². The van der Waals surface area contributed by atoms with Crippen LogP contribution >= 0.6 is 0 Å². The van der Waals surface area contributed by atoms with Crippen LogP contribution in [-0.2, 0) is 4.79 Å². The van der Waals surface area contributed by atoms with Crippen LogP contribution < -0.4 is 0 Å². The van der Waals surface area contributed by atoms with Crippen molar-refractivity contribution in [1.29, 1.82) is 0 Å². The molecule has 17 heavy (non-hydrogen) atoms. The van der Waals surface area contributed by atoms with Gasteiger partial charge in [-0.2, -0.15) is 0 Å². The van der Waals surface area contributed by atoms with Gasteiger partial charge in [-0.3, -0.25) is 4.79 Å². The molecule has 0 saturated heterocycles. The van der Waals surface area contributed by atoms with E-state index in [1.54, 1.807) is 12.1 Å². The highest BCUT2D eigenvalue weighted by atomic mass is 16.3. The minimum Gasteiger partial charge on any atom is -0.462 e. The fraction of sp³-hybridized carbons (Fsp3) is 0.417. The number of nitrogens with zero attached hydrogens (tertiary/aromatic N) is 1. The van der Waals surface area contributed by atoms with Crippen molar-refractivity contribution in [2.75, 3.05) is 26.3 Å². The van der Waals surface area contributed by atoms with Crippen LogP contribution in [0.3, 0.4) is 0 Å². The molecule has 2 N–H and O–H groups in total. The Balaban J connectivity index is 2.59. The van der Waals surface area contributed by atoms with Crippen molar-refractivity contribution >= 4 is 12.0 Å². The van der Waals surface area contributed by atoms with Gasteiger partial charge in [0.1, 0.15) is 11.5 Å². The molecule has 5 nitrogen and oxygen atoms in total. The van der Waals surface area contributed by atoms with Gasteiger partial charge >= 0.3 is 0 Å². The van der Waals surface area contributed by atoms with Crippen LogP contribution in [0.2, 0.25) is 0 Å². The quantitative estimate of drug-likeness (QED) is 0.705. The van der Waals surface area contributed by atoms with Crippen molar-refractivity contribution in [3.05, 3.63) is 29.7 Å². The summed E-state index contributed by atoms with van der Waals surface area (Å²) in [6.07, 6.45) is 2.93. The normalized spacial score (nSPS) is 11.0. The molecule has 0 aliphatic heterocycles. The van der Waals surface area contributed by atoms with Gasteiger partial charge in [-0.05, 0) is 25.1 Å². The van der Waals surface area contributed by atoms with Gasteiger partial charge in [0.15, 0.2) is 0 Å². The monoisotopic (exact) mass is 239 g/mol. The van der Waals surface area contributed by atoms with E-state index >= 15 is 0 Å². The maximum Gasteiger partial charge on any atom is 0.246 e. The van der Waals surface area contributed by atoms with Gasteiger partial charge in [-0.25, -0.2) is 0 Å². The van der Waals surface area contributed by atoms with Crippen molar-refractivity contribution in [3.63, 3.8) is 0 Å². The first kappa shape index (κ1) is 13.5. The maximum atomic E-state index is 11.7. The number of rotatable bonds is 6. The molecular weight excluding hydrogens is 222 g/mol. The third kappa shape index (κ3) is 4.42. The average molecular weight is 239 g/mol. The summed E-state index contributed by atoms with van der Waals surface area (Å²) in [6, 6.07) is 3.57. The van der Waals surface area contributed by atoms with Crippen molar-refractivity contribution < 1.29 is 19.4 Å². The van der Waals surface area contributed by atoms with Crippen molar-refractivity contribution in [2.45, 2.75) is 6.92 Å². The summed E-state index contributed by atoms with van der Waals surface area (Å²) in [5, 5.41) is 17.6. The second kappa shape index (κ2) is 6.88. The maximum absolute atomic E-state index is 11.7. The summed E-state index contributed by atoms with van der Waals surface area (Å²) in [6.45, 7) is 1.99. The first-order valence-corrected chi connectivity index (χ1v) is 5.42. The molecule has 0 atom stereocenters. The lowest BCUT2D eigenvalue weighted by atomic mass is 10.3. The van der Waals surface area contributed by atoms with Gasteiger partial charge < -0.3 is 19.5 Å². The SMILES string of the molecule is Cc1ccc(/C=C/C(=O)N(CCO)CCO)o1. The molecule has 5 heteroatoms. The Morgan fingerprint density at radius 3 is 2.47 bits per heavy atom. The van der Waals surface area contributed by atoms with Crippen molar-refractivity contribution in [3.8, 4) is 0 Å². The Hall–Kier alpha value is -1.59. The van der Waals surface area contributed by atoms with E-state index in [2.05, 4.69) is 0 Å². The lowest BCUT2D eigenvalue weighted by Gasteiger charge is -2.18. The van der Waals surface area contributed by atoms with Crippen LogP contribution in [0.4, 0.5) is 0 Å². The van der Waals surface area contributed by atoms with Crippen LogP contribution in [0.15, 0.2) is 22.6 Å². The Bertz CT molecular complexity index is 378. The molecule has 0 fully saturated rings. The van der Waals surface area contributed by atoms with E-state index in [1.165, 1.54) is 11.0 Å². The smallest absolute Gasteiger partial charge is 0.246 e. The predicted molar refractivity (Wildman–Crippen MR) is 63.2 cm³/mol. The van der Waals surface area contributed by atoms with Crippen molar-refractivity contribution in [2.24, 2.45) is 0 Å². The topological polar surface area (TPSA) is 73.9 Å². The minimum absolute atomic E-state index is 0.126. The molecular formula is C12H17NO4. The average Bonchev–Trinajstić information content (AvgIpc) is 2.72. The number of aliphatic hydroxyl groups is 2. The summed E-state index contributed by atoms with van der Waals surface area (Å²) in [4.78, 5) is 13.0. The van der Waals surface area contributed by atoms with E-state index < -0.39 is 0 Å². The fourth-order valence-corrected chi connectivity index (χ4v) is 1.38. The number of carbonyl (C=O) groups is 1. The number of amides is 1. The Labute approximate surface area is 100.0 Å². The molecule has 0 aliphatic carbocycles. The number of aryl methyl sites for hydroxylation is 1. The highest BCUT2D eigenvalue weighted by Crippen LogP contribution is 2.08. The molecule has 0 aromatic carbocycles.